The summed E-state index contributed by atoms with van der Waals surface area (Å²) in [5, 5.41) is 9.33. The highest BCUT2D eigenvalue weighted by atomic mass is 35.5. The molecule has 1 aliphatic heterocycles. The molecule has 1 saturated heterocycles. The zero-order chi connectivity index (χ0) is 28.1. The number of nitriles is 1. The van der Waals surface area contributed by atoms with E-state index in [1.807, 2.05) is 38.1 Å². The second-order valence-electron chi connectivity index (χ2n) is 10.6. The Balaban J connectivity index is 0.00000158. The monoisotopic (exact) mass is 558 g/mol. The Bertz CT molecular complexity index is 1430. The lowest BCUT2D eigenvalue weighted by Crippen LogP contribution is -2.37. The number of nitrogens with zero attached hydrogens (tertiary/aromatic N) is 3. The van der Waals surface area contributed by atoms with Crippen molar-refractivity contribution >= 4 is 22.6 Å². The first-order valence-electron chi connectivity index (χ1n) is 14.3. The smallest absolute Gasteiger partial charge is 0.144 e. The van der Waals surface area contributed by atoms with Crippen LogP contribution in [0.1, 0.15) is 62.6 Å². The fraction of sp³-hybridized carbons (Fsp3) is 0.394. The van der Waals surface area contributed by atoms with Crippen molar-refractivity contribution in [2.75, 3.05) is 19.6 Å². The van der Waals surface area contributed by atoms with Gasteiger partial charge in [0.25, 0.3) is 0 Å². The van der Waals surface area contributed by atoms with Gasteiger partial charge in [0.1, 0.15) is 18.2 Å². The SMILES string of the molecule is CC.N#Cc1cccc(-c2ccc(C(OCc3nc4cc(Cl)c(F)cc4[nH]3)C3CCN(CC4CC4)CC3)cc2)c1. The maximum Gasteiger partial charge on any atom is 0.144 e. The molecule has 1 aliphatic carbocycles. The minimum absolute atomic E-state index is 0.0627. The number of imidazole rings is 1. The molecule has 1 N–H and O–H groups in total. The van der Waals surface area contributed by atoms with Crippen molar-refractivity contribution in [1.82, 2.24) is 14.9 Å². The summed E-state index contributed by atoms with van der Waals surface area (Å²) in [6.45, 7) is 7.73. The molecule has 2 aliphatic rings. The van der Waals surface area contributed by atoms with Crippen LogP contribution in [0.15, 0.2) is 60.7 Å². The molecule has 2 fully saturated rings. The van der Waals surface area contributed by atoms with Gasteiger partial charge in [0.05, 0.1) is 33.8 Å². The number of aromatic nitrogens is 2. The molecule has 208 valence electrons. The first-order chi connectivity index (χ1) is 19.6. The van der Waals surface area contributed by atoms with Crippen LogP contribution in [0.2, 0.25) is 5.02 Å². The molecule has 0 spiro atoms. The molecule has 0 amide bonds. The van der Waals surface area contributed by atoms with E-state index in [2.05, 4.69) is 45.2 Å². The molecule has 1 aromatic heterocycles. The lowest BCUT2D eigenvalue weighted by molar-refractivity contribution is -0.0239. The Hall–Kier alpha value is -3.24. The molecule has 7 heteroatoms. The molecule has 2 heterocycles. The Morgan fingerprint density at radius 2 is 1.80 bits per heavy atom. The molecule has 1 unspecified atom stereocenters. The van der Waals surface area contributed by atoms with Gasteiger partial charge in [0.2, 0.25) is 0 Å². The highest BCUT2D eigenvalue weighted by Crippen LogP contribution is 2.37. The summed E-state index contributed by atoms with van der Waals surface area (Å²) >= 11 is 5.95. The highest BCUT2D eigenvalue weighted by Gasteiger charge is 2.31. The fourth-order valence-corrected chi connectivity index (χ4v) is 5.69. The first-order valence-corrected chi connectivity index (χ1v) is 14.7. The number of ether oxygens (including phenoxy) is 1. The number of nitrogens with one attached hydrogen (secondary N) is 1. The van der Waals surface area contributed by atoms with Gasteiger partial charge in [-0.05, 0) is 85.5 Å². The minimum atomic E-state index is -0.466. The number of fused-ring (bicyclic) bond motifs is 1. The summed E-state index contributed by atoms with van der Waals surface area (Å²) in [7, 11) is 0. The Labute approximate surface area is 240 Å². The molecule has 3 aromatic carbocycles. The Morgan fingerprint density at radius 3 is 2.50 bits per heavy atom. The lowest BCUT2D eigenvalue weighted by Gasteiger charge is -2.36. The molecule has 4 aromatic rings. The van der Waals surface area contributed by atoms with Crippen LogP contribution < -0.4 is 0 Å². The Kier molecular flexibility index (Phi) is 9.16. The molecule has 0 bridgehead atoms. The number of rotatable bonds is 8. The predicted molar refractivity (Wildman–Crippen MR) is 158 cm³/mol. The predicted octanol–water partition coefficient (Wildman–Crippen LogP) is 8.30. The van der Waals surface area contributed by atoms with Crippen molar-refractivity contribution in [2.24, 2.45) is 11.8 Å². The maximum absolute atomic E-state index is 13.9. The molecular weight excluding hydrogens is 523 g/mol. The van der Waals surface area contributed by atoms with Gasteiger partial charge in [-0.25, -0.2) is 9.37 Å². The normalized spacial score (nSPS) is 16.8. The van der Waals surface area contributed by atoms with Crippen LogP contribution in [-0.2, 0) is 11.3 Å². The molecule has 6 rings (SSSR count). The van der Waals surface area contributed by atoms with E-state index >= 15 is 0 Å². The number of likely N-dealkylation sites (tertiary alicyclic amines) is 1. The average molecular weight is 559 g/mol. The molecule has 1 atom stereocenters. The lowest BCUT2D eigenvalue weighted by atomic mass is 9.86. The van der Waals surface area contributed by atoms with E-state index in [4.69, 9.17) is 16.3 Å². The molecule has 5 nitrogen and oxygen atoms in total. The highest BCUT2D eigenvalue weighted by molar-refractivity contribution is 6.31. The van der Waals surface area contributed by atoms with E-state index < -0.39 is 5.82 Å². The molecule has 40 heavy (non-hydrogen) atoms. The van der Waals surface area contributed by atoms with Gasteiger partial charge in [0, 0.05) is 12.6 Å². The third-order valence-electron chi connectivity index (χ3n) is 7.81. The van der Waals surface area contributed by atoms with E-state index in [1.165, 1.54) is 25.5 Å². The summed E-state index contributed by atoms with van der Waals surface area (Å²) in [6.07, 6.45) is 4.85. The van der Waals surface area contributed by atoms with Crippen LogP contribution in [0, 0.1) is 29.0 Å². The second-order valence-corrected chi connectivity index (χ2v) is 11.0. The van der Waals surface area contributed by atoms with Crippen LogP contribution in [0.25, 0.3) is 22.2 Å². The third kappa shape index (κ3) is 6.72. The number of hydrogen-bond donors (Lipinski definition) is 1. The first kappa shape index (κ1) is 28.3. The number of piperidine rings is 1. The number of H-pyrrole nitrogens is 1. The van der Waals surface area contributed by atoms with Gasteiger partial charge in [0.15, 0.2) is 0 Å². The summed E-state index contributed by atoms with van der Waals surface area (Å²) in [4.78, 5) is 10.4. The number of halogens is 2. The van der Waals surface area contributed by atoms with E-state index in [0.29, 0.717) is 34.9 Å². The van der Waals surface area contributed by atoms with Crippen molar-refractivity contribution in [3.63, 3.8) is 0 Å². The van der Waals surface area contributed by atoms with E-state index in [1.54, 1.807) is 6.07 Å². The number of benzene rings is 3. The number of hydrogen-bond acceptors (Lipinski definition) is 4. The maximum atomic E-state index is 13.9. The van der Waals surface area contributed by atoms with E-state index in [0.717, 1.165) is 48.5 Å². The summed E-state index contributed by atoms with van der Waals surface area (Å²) in [5.74, 6) is 1.49. The van der Waals surface area contributed by atoms with Gasteiger partial charge in [-0.1, -0.05) is 61.8 Å². The van der Waals surface area contributed by atoms with Gasteiger partial charge in [-0.2, -0.15) is 5.26 Å². The zero-order valence-electron chi connectivity index (χ0n) is 23.2. The average Bonchev–Trinajstić information content (AvgIpc) is 3.73. The summed E-state index contributed by atoms with van der Waals surface area (Å²) in [5.41, 5.74) is 5.12. The zero-order valence-corrected chi connectivity index (χ0v) is 23.9. The summed E-state index contributed by atoms with van der Waals surface area (Å²) in [6, 6.07) is 21.3. The van der Waals surface area contributed by atoms with Crippen molar-refractivity contribution in [3.05, 3.63) is 88.5 Å². The van der Waals surface area contributed by atoms with Crippen molar-refractivity contribution in [2.45, 2.75) is 52.2 Å². The topological polar surface area (TPSA) is 64.9 Å². The molecular formula is C33H36ClFN4O. The quantitative estimate of drug-likeness (QED) is 0.236. The van der Waals surface area contributed by atoms with E-state index in [9.17, 15) is 9.65 Å². The number of aromatic amines is 1. The van der Waals surface area contributed by atoms with Crippen LogP contribution in [-0.4, -0.2) is 34.5 Å². The Morgan fingerprint density at radius 1 is 1.05 bits per heavy atom. The molecule has 1 saturated carbocycles. The van der Waals surface area contributed by atoms with Gasteiger partial charge in [-0.15, -0.1) is 0 Å². The summed E-state index contributed by atoms with van der Waals surface area (Å²) < 4.78 is 20.5. The van der Waals surface area contributed by atoms with Crippen molar-refractivity contribution < 1.29 is 9.13 Å². The van der Waals surface area contributed by atoms with Gasteiger partial charge in [-0.3, -0.25) is 0 Å². The van der Waals surface area contributed by atoms with Gasteiger partial charge < -0.3 is 14.6 Å². The van der Waals surface area contributed by atoms with Crippen LogP contribution >= 0.6 is 11.6 Å². The van der Waals surface area contributed by atoms with Gasteiger partial charge >= 0.3 is 0 Å². The third-order valence-corrected chi connectivity index (χ3v) is 8.10. The van der Waals surface area contributed by atoms with Crippen molar-refractivity contribution in [1.29, 1.82) is 5.26 Å². The van der Waals surface area contributed by atoms with Crippen LogP contribution in [0.5, 0.6) is 0 Å². The van der Waals surface area contributed by atoms with E-state index in [-0.39, 0.29) is 11.1 Å². The fourth-order valence-electron chi connectivity index (χ4n) is 5.54. The van der Waals surface area contributed by atoms with Crippen LogP contribution in [0.4, 0.5) is 4.39 Å². The van der Waals surface area contributed by atoms with Crippen molar-refractivity contribution in [3.8, 4) is 17.2 Å². The second kappa shape index (κ2) is 13.0. The standard InChI is InChI=1S/C31H30ClFN4O.C2H6/c32-26-15-28-29(16-27(26)33)36-30(35-28)19-38-31(24-10-12-37(13-11-24)18-20-4-5-20)23-8-6-22(7-9-23)25-3-1-2-21(14-25)17-34;1-2/h1-3,6-9,14-16,20,24,31H,4-5,10-13,18-19H2,(H,35,36);1-2H3. The molecule has 0 radical (unpaired) electrons. The largest absolute Gasteiger partial charge is 0.365 e. The minimum Gasteiger partial charge on any atom is -0.365 e. The van der Waals surface area contributed by atoms with Crippen LogP contribution in [0.3, 0.4) is 0 Å².